The Morgan fingerprint density at radius 3 is 2.43 bits per heavy atom. The second-order valence-electron chi connectivity index (χ2n) is 6.76. The first-order valence-electron chi connectivity index (χ1n) is 9.61. The number of imidazole rings is 1. The standard InChI is InChI=1S/C20H27N5O3/c1-2-28-20(27)17-3-5-18(6-4-17)22-19(26)15-24-12-9-23(10-13-24)11-14-25-8-7-21-16-25/h3-8,16H,2,9-15H2,1H3,(H,22,26). The maximum atomic E-state index is 12.3. The van der Waals surface area contributed by atoms with Crippen molar-refractivity contribution in [2.75, 3.05) is 51.2 Å². The average molecular weight is 385 g/mol. The zero-order valence-corrected chi connectivity index (χ0v) is 16.2. The Bertz CT molecular complexity index is 753. The van der Waals surface area contributed by atoms with E-state index >= 15 is 0 Å². The van der Waals surface area contributed by atoms with Crippen LogP contribution in [0.4, 0.5) is 5.69 Å². The first-order valence-corrected chi connectivity index (χ1v) is 9.61. The van der Waals surface area contributed by atoms with Crippen LogP contribution in [-0.4, -0.2) is 77.1 Å². The molecule has 1 aromatic heterocycles. The van der Waals surface area contributed by atoms with Crippen molar-refractivity contribution in [1.82, 2.24) is 19.4 Å². The molecule has 1 N–H and O–H groups in total. The topological polar surface area (TPSA) is 79.7 Å². The van der Waals surface area contributed by atoms with Crippen LogP contribution >= 0.6 is 0 Å². The first-order chi connectivity index (χ1) is 13.6. The van der Waals surface area contributed by atoms with Crippen LogP contribution in [0, 0.1) is 0 Å². The summed E-state index contributed by atoms with van der Waals surface area (Å²) in [6, 6.07) is 6.76. The van der Waals surface area contributed by atoms with Gasteiger partial charge in [-0.25, -0.2) is 9.78 Å². The summed E-state index contributed by atoms with van der Waals surface area (Å²) in [5.74, 6) is -0.401. The van der Waals surface area contributed by atoms with Crippen LogP contribution in [0.5, 0.6) is 0 Å². The van der Waals surface area contributed by atoms with E-state index in [9.17, 15) is 9.59 Å². The molecule has 1 aliphatic heterocycles. The quantitative estimate of drug-likeness (QED) is 0.691. The molecule has 0 unspecified atom stereocenters. The minimum atomic E-state index is -0.355. The minimum Gasteiger partial charge on any atom is -0.462 e. The highest BCUT2D eigenvalue weighted by Gasteiger charge is 2.19. The van der Waals surface area contributed by atoms with Crippen LogP contribution in [0.2, 0.25) is 0 Å². The molecule has 0 bridgehead atoms. The van der Waals surface area contributed by atoms with Crippen LogP contribution in [0.3, 0.4) is 0 Å². The number of piperazine rings is 1. The maximum Gasteiger partial charge on any atom is 0.338 e. The monoisotopic (exact) mass is 385 g/mol. The number of hydrogen-bond donors (Lipinski definition) is 1. The predicted molar refractivity (Wildman–Crippen MR) is 106 cm³/mol. The number of rotatable bonds is 8. The largest absolute Gasteiger partial charge is 0.462 e. The van der Waals surface area contributed by atoms with Gasteiger partial charge in [0.1, 0.15) is 0 Å². The number of amides is 1. The van der Waals surface area contributed by atoms with E-state index in [1.54, 1.807) is 37.4 Å². The molecule has 0 atom stereocenters. The van der Waals surface area contributed by atoms with Crippen molar-refractivity contribution in [3.05, 3.63) is 48.5 Å². The highest BCUT2D eigenvalue weighted by molar-refractivity contribution is 5.94. The van der Waals surface area contributed by atoms with Gasteiger partial charge in [0.15, 0.2) is 0 Å². The van der Waals surface area contributed by atoms with Gasteiger partial charge in [-0.3, -0.25) is 14.6 Å². The van der Waals surface area contributed by atoms with E-state index in [2.05, 4.69) is 24.7 Å². The van der Waals surface area contributed by atoms with Gasteiger partial charge >= 0.3 is 5.97 Å². The highest BCUT2D eigenvalue weighted by Crippen LogP contribution is 2.11. The molecule has 0 saturated carbocycles. The Hall–Kier alpha value is -2.71. The lowest BCUT2D eigenvalue weighted by atomic mass is 10.2. The Labute approximate surface area is 165 Å². The molecule has 8 heteroatoms. The maximum absolute atomic E-state index is 12.3. The van der Waals surface area contributed by atoms with Crippen LogP contribution in [0.1, 0.15) is 17.3 Å². The third kappa shape index (κ3) is 5.90. The van der Waals surface area contributed by atoms with Gasteiger partial charge in [0.2, 0.25) is 5.91 Å². The van der Waals surface area contributed by atoms with Crippen molar-refractivity contribution >= 4 is 17.6 Å². The first kappa shape index (κ1) is 20.0. The summed E-state index contributed by atoms with van der Waals surface area (Å²) in [7, 11) is 0. The molecule has 0 spiro atoms. The number of anilines is 1. The lowest BCUT2D eigenvalue weighted by molar-refractivity contribution is -0.117. The molecule has 1 saturated heterocycles. The molecule has 8 nitrogen and oxygen atoms in total. The predicted octanol–water partition coefficient (Wildman–Crippen LogP) is 1.32. The molecule has 1 aromatic carbocycles. The van der Waals surface area contributed by atoms with Crippen molar-refractivity contribution in [1.29, 1.82) is 0 Å². The number of aromatic nitrogens is 2. The fraction of sp³-hybridized carbons (Fsp3) is 0.450. The number of esters is 1. The molecule has 28 heavy (non-hydrogen) atoms. The van der Waals surface area contributed by atoms with E-state index in [4.69, 9.17) is 4.74 Å². The molecular formula is C20H27N5O3. The highest BCUT2D eigenvalue weighted by atomic mass is 16.5. The molecule has 1 aliphatic rings. The Kier molecular flexibility index (Phi) is 7.16. The SMILES string of the molecule is CCOC(=O)c1ccc(NC(=O)CN2CCN(CCn3ccnc3)CC2)cc1. The average Bonchev–Trinajstić information content (AvgIpc) is 3.22. The van der Waals surface area contributed by atoms with E-state index in [0.29, 0.717) is 24.4 Å². The third-order valence-electron chi connectivity index (χ3n) is 4.75. The van der Waals surface area contributed by atoms with Gasteiger partial charge < -0.3 is 14.6 Å². The summed E-state index contributed by atoms with van der Waals surface area (Å²) in [5.41, 5.74) is 1.16. The van der Waals surface area contributed by atoms with Crippen molar-refractivity contribution in [2.24, 2.45) is 0 Å². The molecule has 2 aromatic rings. The summed E-state index contributed by atoms with van der Waals surface area (Å²) in [4.78, 5) is 32.6. The van der Waals surface area contributed by atoms with Gasteiger partial charge in [0, 0.05) is 57.3 Å². The van der Waals surface area contributed by atoms with Crippen molar-refractivity contribution < 1.29 is 14.3 Å². The normalized spacial score (nSPS) is 15.3. The molecule has 0 aliphatic carbocycles. The van der Waals surface area contributed by atoms with E-state index < -0.39 is 0 Å². The Morgan fingerprint density at radius 2 is 1.79 bits per heavy atom. The smallest absolute Gasteiger partial charge is 0.338 e. The van der Waals surface area contributed by atoms with E-state index in [0.717, 1.165) is 39.3 Å². The van der Waals surface area contributed by atoms with E-state index in [1.165, 1.54) is 0 Å². The van der Waals surface area contributed by atoms with E-state index in [1.807, 2.05) is 12.5 Å². The van der Waals surface area contributed by atoms with Crippen molar-refractivity contribution in [3.63, 3.8) is 0 Å². The summed E-state index contributed by atoms with van der Waals surface area (Å²) in [5, 5.41) is 2.89. The second-order valence-corrected chi connectivity index (χ2v) is 6.76. The molecule has 1 fully saturated rings. The molecular weight excluding hydrogens is 358 g/mol. The lowest BCUT2D eigenvalue weighted by Crippen LogP contribution is -2.49. The zero-order valence-electron chi connectivity index (χ0n) is 16.2. The fourth-order valence-corrected chi connectivity index (χ4v) is 3.15. The number of benzene rings is 1. The molecule has 3 rings (SSSR count). The number of carbonyl (C=O) groups excluding carboxylic acids is 2. The van der Waals surface area contributed by atoms with Gasteiger partial charge in [-0.1, -0.05) is 0 Å². The Morgan fingerprint density at radius 1 is 1.07 bits per heavy atom. The minimum absolute atomic E-state index is 0.0456. The van der Waals surface area contributed by atoms with Gasteiger partial charge in [0.05, 0.1) is 25.0 Å². The van der Waals surface area contributed by atoms with E-state index in [-0.39, 0.29) is 11.9 Å². The van der Waals surface area contributed by atoms with Crippen LogP contribution in [-0.2, 0) is 16.1 Å². The van der Waals surface area contributed by atoms with Crippen LogP contribution < -0.4 is 5.32 Å². The molecule has 1 amide bonds. The number of carbonyl (C=O) groups is 2. The number of ether oxygens (including phenoxy) is 1. The lowest BCUT2D eigenvalue weighted by Gasteiger charge is -2.34. The van der Waals surface area contributed by atoms with Crippen LogP contribution in [0.15, 0.2) is 43.0 Å². The fourth-order valence-electron chi connectivity index (χ4n) is 3.15. The molecule has 0 radical (unpaired) electrons. The van der Waals surface area contributed by atoms with Gasteiger partial charge in [-0.15, -0.1) is 0 Å². The summed E-state index contributed by atoms with van der Waals surface area (Å²) < 4.78 is 7.03. The van der Waals surface area contributed by atoms with Gasteiger partial charge in [0.25, 0.3) is 0 Å². The summed E-state index contributed by atoms with van der Waals surface area (Å²) in [6.45, 7) is 8.06. The number of nitrogens with zero attached hydrogens (tertiary/aromatic N) is 4. The molecule has 150 valence electrons. The zero-order chi connectivity index (χ0) is 19.8. The van der Waals surface area contributed by atoms with Gasteiger partial charge in [-0.2, -0.15) is 0 Å². The number of nitrogens with one attached hydrogen (secondary N) is 1. The van der Waals surface area contributed by atoms with Crippen molar-refractivity contribution in [3.8, 4) is 0 Å². The second kappa shape index (κ2) is 10.0. The summed E-state index contributed by atoms with van der Waals surface area (Å²) in [6.07, 6.45) is 5.60. The van der Waals surface area contributed by atoms with Crippen LogP contribution in [0.25, 0.3) is 0 Å². The molecule has 2 heterocycles. The third-order valence-corrected chi connectivity index (χ3v) is 4.75. The van der Waals surface area contributed by atoms with Gasteiger partial charge in [-0.05, 0) is 31.2 Å². The Balaban J connectivity index is 1.38. The number of hydrogen-bond acceptors (Lipinski definition) is 6. The summed E-state index contributed by atoms with van der Waals surface area (Å²) >= 11 is 0. The van der Waals surface area contributed by atoms with Crippen molar-refractivity contribution in [2.45, 2.75) is 13.5 Å².